The number of thiazole rings is 1. The number of nitrogens with zero attached hydrogens (tertiary/aromatic N) is 2. The van der Waals surface area contributed by atoms with E-state index in [1.807, 2.05) is 23.1 Å². The van der Waals surface area contributed by atoms with E-state index in [1.165, 1.54) is 15.8 Å². The molecule has 4 rings (SSSR count). The topological polar surface area (TPSA) is 60.9 Å². The minimum atomic E-state index is 0.0892. The monoisotopic (exact) mass is 440 g/mol. The van der Waals surface area contributed by atoms with Crippen LogP contribution in [0.15, 0.2) is 30.3 Å². The Morgan fingerprint density at radius 1 is 1.06 bits per heavy atom. The average Bonchev–Trinajstić information content (AvgIpc) is 3.22. The van der Waals surface area contributed by atoms with Crippen molar-refractivity contribution in [3.05, 3.63) is 47.0 Å². The van der Waals surface area contributed by atoms with Gasteiger partial charge in [-0.15, -0.1) is 0 Å². The van der Waals surface area contributed by atoms with Gasteiger partial charge in [0.1, 0.15) is 6.10 Å². The normalized spacial score (nSPS) is 14.6. The number of hydrogen-bond donors (Lipinski definition) is 0. The number of hydrogen-bond acceptors (Lipinski definition) is 6. The minimum absolute atomic E-state index is 0.0892. The van der Waals surface area contributed by atoms with Gasteiger partial charge in [0.15, 0.2) is 11.5 Å². The summed E-state index contributed by atoms with van der Waals surface area (Å²) in [7, 11) is 3.20. The Balaban J connectivity index is 1.34. The fourth-order valence-electron chi connectivity index (χ4n) is 3.93. The van der Waals surface area contributed by atoms with E-state index in [2.05, 4.69) is 26.0 Å². The van der Waals surface area contributed by atoms with Gasteiger partial charge in [0.05, 0.1) is 30.9 Å². The van der Waals surface area contributed by atoms with E-state index in [1.54, 1.807) is 25.6 Å². The zero-order valence-corrected chi connectivity index (χ0v) is 19.3. The van der Waals surface area contributed by atoms with Crippen molar-refractivity contribution in [1.82, 2.24) is 9.88 Å². The first-order chi connectivity index (χ1) is 15.0. The smallest absolute Gasteiger partial charge is 0.274 e. The molecule has 164 valence electrons. The Hall–Kier alpha value is -2.80. The van der Waals surface area contributed by atoms with Crippen LogP contribution in [0.5, 0.6) is 16.7 Å². The predicted molar refractivity (Wildman–Crippen MR) is 123 cm³/mol. The van der Waals surface area contributed by atoms with Crippen molar-refractivity contribution in [3.63, 3.8) is 0 Å². The Labute approximate surface area is 186 Å². The molecule has 0 unspecified atom stereocenters. The average molecular weight is 441 g/mol. The standard InChI is InChI=1S/C24H28N2O4S/c1-15-5-6-16(2)23-22(15)25-24(31-23)30-18-9-11-26(12-10-18)21(27)14-17-7-8-19(28-3)20(13-17)29-4/h5-8,13,18H,9-12,14H2,1-4H3. The third-order valence-corrected chi connectivity index (χ3v) is 6.87. The van der Waals surface area contributed by atoms with Crippen LogP contribution >= 0.6 is 11.3 Å². The molecule has 0 saturated carbocycles. The molecule has 1 aliphatic rings. The third kappa shape index (κ3) is 4.61. The molecule has 0 N–H and O–H groups in total. The lowest BCUT2D eigenvalue weighted by molar-refractivity contribution is -0.132. The van der Waals surface area contributed by atoms with Gasteiger partial charge in [0.25, 0.3) is 5.19 Å². The van der Waals surface area contributed by atoms with E-state index in [0.29, 0.717) is 31.0 Å². The maximum Gasteiger partial charge on any atom is 0.274 e. The van der Waals surface area contributed by atoms with Gasteiger partial charge in [-0.25, -0.2) is 4.98 Å². The van der Waals surface area contributed by atoms with Crippen molar-refractivity contribution in [2.75, 3.05) is 27.3 Å². The first kappa shape index (κ1) is 21.4. The quantitative estimate of drug-likeness (QED) is 0.563. The number of likely N-dealkylation sites (tertiary alicyclic amines) is 1. The molecule has 0 radical (unpaired) electrons. The lowest BCUT2D eigenvalue weighted by Gasteiger charge is -2.31. The number of fused-ring (bicyclic) bond motifs is 1. The molecule has 3 aromatic rings. The van der Waals surface area contributed by atoms with Crippen molar-refractivity contribution in [1.29, 1.82) is 0 Å². The van der Waals surface area contributed by atoms with Crippen LogP contribution in [0.3, 0.4) is 0 Å². The van der Waals surface area contributed by atoms with E-state index < -0.39 is 0 Å². The molecule has 31 heavy (non-hydrogen) atoms. The molecule has 0 spiro atoms. The maximum absolute atomic E-state index is 12.8. The van der Waals surface area contributed by atoms with E-state index in [4.69, 9.17) is 19.2 Å². The zero-order chi connectivity index (χ0) is 22.0. The van der Waals surface area contributed by atoms with Crippen LogP contribution in [0, 0.1) is 13.8 Å². The summed E-state index contributed by atoms with van der Waals surface area (Å²) >= 11 is 1.61. The largest absolute Gasteiger partial charge is 0.493 e. The van der Waals surface area contributed by atoms with Crippen LogP contribution in [-0.4, -0.2) is 49.2 Å². The molecule has 1 aromatic heterocycles. The van der Waals surface area contributed by atoms with Gasteiger partial charge in [0, 0.05) is 25.9 Å². The van der Waals surface area contributed by atoms with Crippen LogP contribution in [-0.2, 0) is 11.2 Å². The van der Waals surface area contributed by atoms with E-state index >= 15 is 0 Å². The summed E-state index contributed by atoms with van der Waals surface area (Å²) in [4.78, 5) is 19.4. The summed E-state index contributed by atoms with van der Waals surface area (Å²) in [5, 5.41) is 0.725. The Kier molecular flexibility index (Phi) is 6.32. The SMILES string of the molecule is COc1ccc(CC(=O)N2CCC(Oc3nc4c(C)ccc(C)c4s3)CC2)cc1OC. The molecule has 1 amide bonds. The molecule has 7 heteroatoms. The number of ether oxygens (including phenoxy) is 3. The summed E-state index contributed by atoms with van der Waals surface area (Å²) in [6.45, 7) is 5.57. The number of amides is 1. The van der Waals surface area contributed by atoms with Gasteiger partial charge in [-0.1, -0.05) is 29.5 Å². The van der Waals surface area contributed by atoms with E-state index in [-0.39, 0.29) is 12.0 Å². The van der Waals surface area contributed by atoms with Gasteiger partial charge in [-0.3, -0.25) is 4.79 Å². The molecule has 2 aromatic carbocycles. The van der Waals surface area contributed by atoms with Crippen LogP contribution in [0.2, 0.25) is 0 Å². The number of benzene rings is 2. The second kappa shape index (κ2) is 9.14. The van der Waals surface area contributed by atoms with Crippen LogP contribution in [0.25, 0.3) is 10.2 Å². The number of aromatic nitrogens is 1. The molecule has 1 saturated heterocycles. The fraction of sp³-hybridized carbons (Fsp3) is 0.417. The van der Waals surface area contributed by atoms with Gasteiger partial charge in [0.2, 0.25) is 5.91 Å². The van der Waals surface area contributed by atoms with Gasteiger partial charge < -0.3 is 19.1 Å². The summed E-state index contributed by atoms with van der Waals surface area (Å²) < 4.78 is 18.0. The number of aryl methyl sites for hydroxylation is 2. The number of methoxy groups -OCH3 is 2. The zero-order valence-electron chi connectivity index (χ0n) is 18.4. The highest BCUT2D eigenvalue weighted by molar-refractivity contribution is 7.20. The first-order valence-corrected chi connectivity index (χ1v) is 11.3. The third-order valence-electron chi connectivity index (χ3n) is 5.79. The molecule has 0 bridgehead atoms. The van der Waals surface area contributed by atoms with Crippen molar-refractivity contribution in [2.24, 2.45) is 0 Å². The lowest BCUT2D eigenvalue weighted by Crippen LogP contribution is -2.42. The van der Waals surface area contributed by atoms with Crippen molar-refractivity contribution in [2.45, 2.75) is 39.2 Å². The highest BCUT2D eigenvalue weighted by Gasteiger charge is 2.25. The number of rotatable bonds is 6. The Morgan fingerprint density at radius 2 is 1.77 bits per heavy atom. The van der Waals surface area contributed by atoms with E-state index in [0.717, 1.165) is 29.1 Å². The summed E-state index contributed by atoms with van der Waals surface area (Å²) in [5.74, 6) is 1.43. The molecule has 2 heterocycles. The van der Waals surface area contributed by atoms with Crippen molar-refractivity contribution < 1.29 is 19.0 Å². The van der Waals surface area contributed by atoms with Gasteiger partial charge >= 0.3 is 0 Å². The summed E-state index contributed by atoms with van der Waals surface area (Å²) in [6, 6.07) is 9.84. The molecule has 0 atom stereocenters. The predicted octanol–water partition coefficient (Wildman–Crippen LogP) is 4.54. The van der Waals surface area contributed by atoms with Gasteiger partial charge in [-0.05, 0) is 42.7 Å². The number of carbonyl (C=O) groups excluding carboxylic acids is 1. The minimum Gasteiger partial charge on any atom is -0.493 e. The van der Waals surface area contributed by atoms with Crippen LogP contribution < -0.4 is 14.2 Å². The number of carbonyl (C=O) groups is 1. The molecule has 0 aliphatic carbocycles. The summed E-state index contributed by atoms with van der Waals surface area (Å²) in [5.41, 5.74) is 4.34. The maximum atomic E-state index is 12.8. The molecule has 1 fully saturated rings. The Morgan fingerprint density at radius 3 is 2.45 bits per heavy atom. The highest BCUT2D eigenvalue weighted by atomic mass is 32.1. The van der Waals surface area contributed by atoms with Crippen molar-refractivity contribution >= 4 is 27.5 Å². The highest BCUT2D eigenvalue weighted by Crippen LogP contribution is 2.34. The lowest BCUT2D eigenvalue weighted by atomic mass is 10.1. The molecular formula is C24H28N2O4S. The van der Waals surface area contributed by atoms with Crippen LogP contribution in [0.4, 0.5) is 0 Å². The number of piperidine rings is 1. The Bertz CT molecular complexity index is 1050. The van der Waals surface area contributed by atoms with Crippen molar-refractivity contribution in [3.8, 4) is 16.7 Å². The molecule has 6 nitrogen and oxygen atoms in total. The second-order valence-corrected chi connectivity index (χ2v) is 8.88. The second-order valence-electron chi connectivity index (χ2n) is 7.92. The summed E-state index contributed by atoms with van der Waals surface area (Å²) in [6.07, 6.45) is 2.06. The van der Waals surface area contributed by atoms with Gasteiger partial charge in [-0.2, -0.15) is 0 Å². The van der Waals surface area contributed by atoms with E-state index in [9.17, 15) is 4.79 Å². The fourth-order valence-corrected chi connectivity index (χ4v) is 4.96. The molecular weight excluding hydrogens is 412 g/mol. The molecule has 1 aliphatic heterocycles. The van der Waals surface area contributed by atoms with Crippen LogP contribution in [0.1, 0.15) is 29.5 Å². The first-order valence-electron chi connectivity index (χ1n) is 10.5.